The lowest BCUT2D eigenvalue weighted by Crippen LogP contribution is -2.41. The van der Waals surface area contributed by atoms with E-state index >= 15 is 4.39 Å². The first-order valence-electron chi connectivity index (χ1n) is 23.9. The largest absolute Gasteiger partial charge is 0.494 e. The molecule has 0 bridgehead atoms. The molecule has 9 rings (SSSR count). The molecule has 3 aliphatic heterocycles. The second kappa shape index (κ2) is 20.0. The van der Waals surface area contributed by atoms with Gasteiger partial charge in [0.25, 0.3) is 0 Å². The minimum Gasteiger partial charge on any atom is -0.445 e. The highest BCUT2D eigenvalue weighted by Crippen LogP contribution is 2.48. The molecule has 3 saturated heterocycles. The number of hydrogen-bond donors (Lipinski definition) is 2. The van der Waals surface area contributed by atoms with Crippen LogP contribution in [0.1, 0.15) is 131 Å². The predicted octanol–water partition coefficient (Wildman–Crippen LogP) is 10.8. The van der Waals surface area contributed by atoms with Crippen molar-refractivity contribution in [2.24, 2.45) is 0 Å². The summed E-state index contributed by atoms with van der Waals surface area (Å²) in [6, 6.07) is 28.7. The fraction of sp³-hybridized carbons (Fsp3) is 0.500. The number of ether oxygens (including phenoxy) is 2. The second-order valence-corrected chi connectivity index (χ2v) is 22.7. The smallest absolute Gasteiger partial charge is 0.445 e. The van der Waals surface area contributed by atoms with E-state index in [-0.39, 0.29) is 47.3 Å². The SMILES string of the molecule is CC1(C)OB(B2OC(C)(C)C(C)(C)O2)OC1(C)C.CC1(C)OB(c2ccc(C3(NC(=O)OCc4ccccc4)CC3)c(F)c2)OC1(C)C.O=C(NC1(c2ccc(Br)cc2F)CC1)OCc1ccccc1. The van der Waals surface area contributed by atoms with Gasteiger partial charge in [-0.1, -0.05) is 94.8 Å². The molecule has 0 aromatic heterocycles. The highest BCUT2D eigenvalue weighted by molar-refractivity contribution is 9.10. The topological polar surface area (TPSA) is 132 Å². The summed E-state index contributed by atoms with van der Waals surface area (Å²) in [7, 11) is -1.58. The minimum atomic E-state index is -0.716. The van der Waals surface area contributed by atoms with Crippen LogP contribution in [-0.2, 0) is 61.7 Å². The first-order valence-corrected chi connectivity index (χ1v) is 24.7. The highest BCUT2D eigenvalue weighted by atomic mass is 79.9. The maximum absolute atomic E-state index is 15.0. The summed E-state index contributed by atoms with van der Waals surface area (Å²) < 4.78 is 76.1. The third-order valence-electron chi connectivity index (χ3n) is 14.9. The molecule has 18 heteroatoms. The molecular formula is C52H66B3BrF2N2O10. The van der Waals surface area contributed by atoms with E-state index in [1.54, 1.807) is 24.3 Å². The zero-order valence-corrected chi connectivity index (χ0v) is 44.0. The van der Waals surface area contributed by atoms with Crippen LogP contribution in [0, 0.1) is 11.6 Å². The Morgan fingerprint density at radius 2 is 0.857 bits per heavy atom. The van der Waals surface area contributed by atoms with Gasteiger partial charge in [-0.25, -0.2) is 18.4 Å². The maximum Gasteiger partial charge on any atom is 0.494 e. The molecule has 0 atom stereocenters. The average molecular weight is 1030 g/mol. The third kappa shape index (κ3) is 12.0. The first kappa shape index (κ1) is 53.5. The van der Waals surface area contributed by atoms with Crippen LogP contribution in [0.5, 0.6) is 0 Å². The lowest BCUT2D eigenvalue weighted by molar-refractivity contribution is 0.00578. The summed E-state index contributed by atoms with van der Waals surface area (Å²) in [5, 5.41) is 5.64. The van der Waals surface area contributed by atoms with Crippen LogP contribution in [-0.4, -0.2) is 66.9 Å². The molecule has 4 aromatic rings. The summed E-state index contributed by atoms with van der Waals surface area (Å²) in [4.78, 5) is 24.2. The number of amides is 2. The molecule has 2 saturated carbocycles. The van der Waals surface area contributed by atoms with Crippen molar-refractivity contribution in [2.45, 2.75) is 167 Å². The lowest BCUT2D eigenvalue weighted by atomic mass is 9.49. The second-order valence-electron chi connectivity index (χ2n) is 21.7. The summed E-state index contributed by atoms with van der Waals surface area (Å²) in [6.07, 6.45) is 1.69. The fourth-order valence-corrected chi connectivity index (χ4v) is 8.34. The Kier molecular flexibility index (Phi) is 15.3. The van der Waals surface area contributed by atoms with E-state index in [0.717, 1.165) is 11.1 Å². The van der Waals surface area contributed by atoms with Crippen molar-refractivity contribution >= 4 is 54.7 Å². The van der Waals surface area contributed by atoms with Crippen LogP contribution >= 0.6 is 15.9 Å². The van der Waals surface area contributed by atoms with Crippen molar-refractivity contribution in [3.05, 3.63) is 135 Å². The molecule has 0 unspecified atom stereocenters. The number of nitrogens with one attached hydrogen (secondary N) is 2. The fourth-order valence-electron chi connectivity index (χ4n) is 8.00. The van der Waals surface area contributed by atoms with Crippen molar-refractivity contribution in [2.75, 3.05) is 0 Å². The van der Waals surface area contributed by atoms with Crippen LogP contribution in [0.25, 0.3) is 0 Å². The van der Waals surface area contributed by atoms with E-state index in [1.165, 1.54) is 12.1 Å². The van der Waals surface area contributed by atoms with Crippen molar-refractivity contribution in [1.82, 2.24) is 10.6 Å². The number of carbonyl (C=O) groups is 2. The first-order chi connectivity index (χ1) is 32.6. The van der Waals surface area contributed by atoms with Gasteiger partial charge in [-0.15, -0.1) is 0 Å². The summed E-state index contributed by atoms with van der Waals surface area (Å²) in [5.41, 5.74) is -0.365. The number of carbonyl (C=O) groups excluding carboxylic acids is 2. The molecule has 2 aliphatic carbocycles. The maximum atomic E-state index is 15.0. The van der Waals surface area contributed by atoms with Crippen molar-refractivity contribution in [3.8, 4) is 0 Å². The molecule has 2 amide bonds. The van der Waals surface area contributed by atoms with Crippen molar-refractivity contribution in [1.29, 1.82) is 0 Å². The molecule has 3 heterocycles. The Bertz CT molecular complexity index is 2430. The molecule has 0 spiro atoms. The number of hydrogen-bond acceptors (Lipinski definition) is 10. The van der Waals surface area contributed by atoms with E-state index in [2.05, 4.69) is 26.6 Å². The van der Waals surface area contributed by atoms with Gasteiger partial charge in [-0.3, -0.25) is 0 Å². The van der Waals surface area contributed by atoms with Gasteiger partial charge in [0.1, 0.15) is 24.8 Å². The van der Waals surface area contributed by atoms with E-state index < -0.39 is 55.6 Å². The van der Waals surface area contributed by atoms with Gasteiger partial charge in [-0.2, -0.15) is 0 Å². The van der Waals surface area contributed by atoms with E-state index in [4.69, 9.17) is 37.4 Å². The quantitative estimate of drug-likeness (QED) is 0.148. The Morgan fingerprint density at radius 1 is 0.514 bits per heavy atom. The van der Waals surface area contributed by atoms with Crippen molar-refractivity contribution < 1.29 is 55.8 Å². The molecule has 2 N–H and O–H groups in total. The Hall–Kier alpha value is -4.29. The molecule has 0 radical (unpaired) electrons. The molecule has 12 nitrogen and oxygen atoms in total. The molecule has 5 fully saturated rings. The number of rotatable bonds is 10. The summed E-state index contributed by atoms with van der Waals surface area (Å²) >= 11 is 3.23. The standard InChI is InChI=1S/C23H27BFNO4.C17H15BrFNO2.C12H24B2O4/c1-21(2)22(3,4)30-24(29-21)17-10-11-18(19(25)14-17)23(12-13-23)26-20(27)28-15-16-8-6-5-7-9-16;18-13-6-7-14(15(19)10-13)17(8-9-17)20-16(21)22-11-12-4-2-1-3-5-12;1-9(2)10(3,4)16-13(15-9)14-17-11(5,6)12(7,8)18-14/h5-11,14H,12-13,15H2,1-4H3,(H,26,27);1-7,10H,8-9,11H2,(H,20,21);1-8H3. The Morgan fingerprint density at radius 3 is 1.20 bits per heavy atom. The number of alkyl carbamates (subject to hydrolysis) is 2. The van der Waals surface area contributed by atoms with Crippen LogP contribution in [0.2, 0.25) is 0 Å². The van der Waals surface area contributed by atoms with Crippen molar-refractivity contribution in [3.63, 3.8) is 0 Å². The summed E-state index contributed by atoms with van der Waals surface area (Å²) in [6.45, 7) is 24.4. The molecule has 70 heavy (non-hydrogen) atoms. The predicted molar refractivity (Wildman–Crippen MR) is 270 cm³/mol. The molecule has 374 valence electrons. The molecule has 5 aliphatic rings. The Balaban J connectivity index is 0.000000161. The van der Waals surface area contributed by atoms with Crippen LogP contribution in [0.15, 0.2) is 102 Å². The van der Waals surface area contributed by atoms with Crippen LogP contribution < -0.4 is 16.1 Å². The van der Waals surface area contributed by atoms with Gasteiger partial charge in [-0.05, 0) is 144 Å². The Labute approximate surface area is 421 Å². The van der Waals surface area contributed by atoms with Gasteiger partial charge in [0.05, 0.1) is 44.7 Å². The van der Waals surface area contributed by atoms with E-state index in [9.17, 15) is 14.0 Å². The van der Waals surface area contributed by atoms with Gasteiger partial charge in [0.15, 0.2) is 0 Å². The number of halogens is 3. The lowest BCUT2D eigenvalue weighted by Gasteiger charge is -2.32. The van der Waals surface area contributed by atoms with Crippen LogP contribution in [0.4, 0.5) is 18.4 Å². The normalized spacial score (nSPS) is 21.8. The van der Waals surface area contributed by atoms with E-state index in [1.807, 2.05) is 144 Å². The van der Waals surface area contributed by atoms with Gasteiger partial charge < -0.3 is 48.0 Å². The zero-order valence-electron chi connectivity index (χ0n) is 42.4. The van der Waals surface area contributed by atoms with E-state index in [0.29, 0.717) is 46.7 Å². The van der Waals surface area contributed by atoms with Gasteiger partial charge in [0, 0.05) is 15.6 Å². The third-order valence-corrected chi connectivity index (χ3v) is 15.3. The average Bonchev–Trinajstić information content (AvgIpc) is 4.18. The molecular weight excluding hydrogens is 963 g/mol. The number of benzene rings is 4. The van der Waals surface area contributed by atoms with Crippen LogP contribution in [0.3, 0.4) is 0 Å². The zero-order chi connectivity index (χ0) is 51.1. The van der Waals surface area contributed by atoms with Gasteiger partial charge >= 0.3 is 33.3 Å². The summed E-state index contributed by atoms with van der Waals surface area (Å²) in [5.74, 6) is -0.710. The minimum absolute atomic E-state index is 0.173. The van der Waals surface area contributed by atoms with Gasteiger partial charge in [0.2, 0.25) is 0 Å². The molecule has 4 aromatic carbocycles. The monoisotopic (exact) mass is 1030 g/mol. The highest BCUT2D eigenvalue weighted by Gasteiger charge is 2.64.